The lowest BCUT2D eigenvalue weighted by atomic mass is 9.98. The maximum Gasteiger partial charge on any atom is 0.254 e. The highest BCUT2D eigenvalue weighted by atomic mass is 19.2. The van der Waals surface area contributed by atoms with Crippen molar-refractivity contribution in [2.24, 2.45) is 5.92 Å². The fourth-order valence-electron chi connectivity index (χ4n) is 4.24. The normalized spacial score (nSPS) is 18.4. The van der Waals surface area contributed by atoms with Gasteiger partial charge < -0.3 is 20.4 Å². The van der Waals surface area contributed by atoms with Gasteiger partial charge in [-0.2, -0.15) is 0 Å². The average molecular weight is 447 g/mol. The molecule has 0 spiro atoms. The maximum atomic E-state index is 13.4. The number of pyridine rings is 1. The smallest absolute Gasteiger partial charge is 0.254 e. The predicted molar refractivity (Wildman–Crippen MR) is 114 cm³/mol. The van der Waals surface area contributed by atoms with Crippen LogP contribution in [-0.4, -0.2) is 53.9 Å². The molecule has 2 aliphatic heterocycles. The number of amides is 2. The largest absolute Gasteiger partial charge is 0.364 e. The summed E-state index contributed by atoms with van der Waals surface area (Å²) in [5.41, 5.74) is 1.95. The maximum absolute atomic E-state index is 13.4. The number of nitrogens with one attached hydrogen (secondary N) is 2. The Labute approximate surface area is 183 Å². The summed E-state index contributed by atoms with van der Waals surface area (Å²) in [5, 5.41) is 6.20. The fraction of sp³-hybridized carbons (Fsp3) is 0.409. The zero-order valence-corrected chi connectivity index (χ0v) is 18.2. The number of likely N-dealkylation sites (N-methyl/N-ethyl adjacent to an activating group) is 1. The van der Waals surface area contributed by atoms with E-state index in [1.54, 1.807) is 0 Å². The SMILES string of the molecule is Cc1nc(NC2CN(C(=O)c3cc(F)c(F)c(F)c3)C2)cc2c1NC(=O)[C@H](C(C)C)N2C. The number of anilines is 3. The van der Waals surface area contributed by atoms with Crippen molar-refractivity contribution in [1.82, 2.24) is 9.88 Å². The second-order valence-corrected chi connectivity index (χ2v) is 8.58. The predicted octanol–water partition coefficient (Wildman–Crippen LogP) is 3.16. The van der Waals surface area contributed by atoms with Crippen LogP contribution in [0.5, 0.6) is 0 Å². The number of carbonyl (C=O) groups excluding carboxylic acids is 2. The number of carbonyl (C=O) groups is 2. The van der Waals surface area contributed by atoms with Crippen LogP contribution in [0.4, 0.5) is 30.4 Å². The second-order valence-electron chi connectivity index (χ2n) is 8.58. The molecule has 2 aliphatic rings. The summed E-state index contributed by atoms with van der Waals surface area (Å²) in [7, 11) is 1.87. The van der Waals surface area contributed by atoms with Crippen molar-refractivity contribution < 1.29 is 22.8 Å². The Kier molecular flexibility index (Phi) is 5.47. The Bertz CT molecular complexity index is 1080. The molecule has 4 rings (SSSR count). The molecule has 0 radical (unpaired) electrons. The van der Waals surface area contributed by atoms with Crippen LogP contribution in [0.1, 0.15) is 29.9 Å². The van der Waals surface area contributed by atoms with Gasteiger partial charge in [-0.05, 0) is 25.0 Å². The van der Waals surface area contributed by atoms with E-state index >= 15 is 0 Å². The van der Waals surface area contributed by atoms with Gasteiger partial charge in [0, 0.05) is 31.8 Å². The molecule has 32 heavy (non-hydrogen) atoms. The summed E-state index contributed by atoms with van der Waals surface area (Å²) in [5.74, 6) is -4.31. The first-order chi connectivity index (χ1) is 15.1. The van der Waals surface area contributed by atoms with E-state index in [4.69, 9.17) is 0 Å². The van der Waals surface area contributed by atoms with Crippen molar-refractivity contribution >= 4 is 29.0 Å². The highest BCUT2D eigenvalue weighted by Gasteiger charge is 2.36. The third kappa shape index (κ3) is 3.74. The third-order valence-corrected chi connectivity index (χ3v) is 5.88. The van der Waals surface area contributed by atoms with Gasteiger partial charge in [-0.25, -0.2) is 18.2 Å². The average Bonchev–Trinajstić information content (AvgIpc) is 2.68. The Balaban J connectivity index is 1.45. The minimum absolute atomic E-state index is 0.0672. The summed E-state index contributed by atoms with van der Waals surface area (Å²) < 4.78 is 40.0. The first kappa shape index (κ1) is 21.9. The van der Waals surface area contributed by atoms with E-state index in [-0.39, 0.29) is 29.5 Å². The molecule has 0 bridgehead atoms. The number of rotatable bonds is 4. The van der Waals surface area contributed by atoms with Gasteiger partial charge in [0.15, 0.2) is 17.5 Å². The minimum atomic E-state index is -1.60. The molecule has 1 atom stereocenters. The number of likely N-dealkylation sites (tertiary alicyclic amines) is 1. The van der Waals surface area contributed by atoms with Crippen molar-refractivity contribution in [2.75, 3.05) is 35.7 Å². The number of aromatic nitrogens is 1. The van der Waals surface area contributed by atoms with Crippen LogP contribution < -0.4 is 15.5 Å². The highest BCUT2D eigenvalue weighted by molar-refractivity contribution is 6.04. The van der Waals surface area contributed by atoms with Gasteiger partial charge in [-0.3, -0.25) is 9.59 Å². The zero-order chi connectivity index (χ0) is 23.3. The van der Waals surface area contributed by atoms with Crippen LogP contribution in [0, 0.1) is 30.3 Å². The van der Waals surface area contributed by atoms with Gasteiger partial charge in [0.2, 0.25) is 5.91 Å². The van der Waals surface area contributed by atoms with Gasteiger partial charge in [0.05, 0.1) is 23.1 Å². The first-order valence-electron chi connectivity index (χ1n) is 10.3. The van der Waals surface area contributed by atoms with Crippen molar-refractivity contribution in [3.05, 3.63) is 46.9 Å². The van der Waals surface area contributed by atoms with Gasteiger partial charge in [-0.15, -0.1) is 0 Å². The molecule has 0 unspecified atom stereocenters. The van der Waals surface area contributed by atoms with Crippen LogP contribution in [-0.2, 0) is 4.79 Å². The Morgan fingerprint density at radius 1 is 1.19 bits per heavy atom. The van der Waals surface area contributed by atoms with E-state index in [0.717, 1.165) is 5.69 Å². The van der Waals surface area contributed by atoms with Crippen molar-refractivity contribution in [3.63, 3.8) is 0 Å². The van der Waals surface area contributed by atoms with Crippen LogP contribution in [0.3, 0.4) is 0 Å². The summed E-state index contributed by atoms with van der Waals surface area (Å²) in [6, 6.07) is 2.84. The number of hydrogen-bond donors (Lipinski definition) is 2. The van der Waals surface area contributed by atoms with Crippen LogP contribution >= 0.6 is 0 Å². The fourth-order valence-corrected chi connectivity index (χ4v) is 4.24. The van der Waals surface area contributed by atoms with E-state index < -0.39 is 23.4 Å². The molecule has 0 aliphatic carbocycles. The van der Waals surface area contributed by atoms with Gasteiger partial charge in [-0.1, -0.05) is 13.8 Å². The molecule has 2 aromatic rings. The minimum Gasteiger partial charge on any atom is -0.364 e. The van der Waals surface area contributed by atoms with E-state index in [2.05, 4.69) is 15.6 Å². The summed E-state index contributed by atoms with van der Waals surface area (Å²) in [6.07, 6.45) is 0. The quantitative estimate of drug-likeness (QED) is 0.705. The summed E-state index contributed by atoms with van der Waals surface area (Å²) >= 11 is 0. The number of benzene rings is 1. The lowest BCUT2D eigenvalue weighted by Crippen LogP contribution is -2.57. The standard InChI is InChI=1S/C22H24F3N5O2/c1-10(2)20-21(31)28-19-11(3)26-17(7-16(19)29(20)4)27-13-8-30(9-13)22(32)12-5-14(23)18(25)15(24)6-12/h5-7,10,13,20H,8-9H2,1-4H3,(H,26,27)(H,28,31)/t20-/m0/s1. The molecule has 7 nitrogen and oxygen atoms in total. The Morgan fingerprint density at radius 2 is 1.81 bits per heavy atom. The van der Waals surface area contributed by atoms with Crippen molar-refractivity contribution in [1.29, 1.82) is 0 Å². The van der Waals surface area contributed by atoms with Gasteiger partial charge >= 0.3 is 0 Å². The second kappa shape index (κ2) is 7.99. The molecule has 2 N–H and O–H groups in total. The Hall–Kier alpha value is -3.30. The van der Waals surface area contributed by atoms with E-state index in [1.807, 2.05) is 38.8 Å². The highest BCUT2D eigenvalue weighted by Crippen LogP contribution is 2.37. The molecule has 10 heteroatoms. The summed E-state index contributed by atoms with van der Waals surface area (Å²) in [4.78, 5) is 32.8. The van der Waals surface area contributed by atoms with Gasteiger partial charge in [0.1, 0.15) is 11.9 Å². The molecule has 0 saturated carbocycles. The van der Waals surface area contributed by atoms with Crippen LogP contribution in [0.25, 0.3) is 0 Å². The summed E-state index contributed by atoms with van der Waals surface area (Å²) in [6.45, 7) is 6.38. The van der Waals surface area contributed by atoms with E-state index in [9.17, 15) is 22.8 Å². The monoisotopic (exact) mass is 447 g/mol. The lowest BCUT2D eigenvalue weighted by molar-refractivity contribution is -0.118. The first-order valence-corrected chi connectivity index (χ1v) is 10.3. The number of fused-ring (bicyclic) bond motifs is 1. The molecule has 1 aromatic heterocycles. The molecule has 1 fully saturated rings. The van der Waals surface area contributed by atoms with Gasteiger partial charge in [0.25, 0.3) is 5.91 Å². The molecule has 1 aromatic carbocycles. The molecular formula is C22H24F3N5O2. The van der Waals surface area contributed by atoms with Crippen molar-refractivity contribution in [2.45, 2.75) is 32.9 Å². The number of halogens is 3. The number of aryl methyl sites for hydroxylation is 1. The topological polar surface area (TPSA) is 77.6 Å². The van der Waals surface area contributed by atoms with Crippen LogP contribution in [0.15, 0.2) is 18.2 Å². The molecule has 1 saturated heterocycles. The van der Waals surface area contributed by atoms with E-state index in [0.29, 0.717) is 42.4 Å². The third-order valence-electron chi connectivity index (χ3n) is 5.88. The lowest BCUT2D eigenvalue weighted by Gasteiger charge is -2.41. The Morgan fingerprint density at radius 3 is 2.41 bits per heavy atom. The number of nitrogens with zero attached hydrogens (tertiary/aromatic N) is 3. The van der Waals surface area contributed by atoms with E-state index in [1.165, 1.54) is 4.90 Å². The van der Waals surface area contributed by atoms with Crippen LogP contribution in [0.2, 0.25) is 0 Å². The van der Waals surface area contributed by atoms with Crippen molar-refractivity contribution in [3.8, 4) is 0 Å². The molecular weight excluding hydrogens is 423 g/mol. The molecule has 2 amide bonds. The number of hydrogen-bond acceptors (Lipinski definition) is 5. The zero-order valence-electron chi connectivity index (χ0n) is 18.2. The molecule has 170 valence electrons. The molecule has 3 heterocycles.